The maximum atomic E-state index is 13.0. The minimum absolute atomic E-state index is 0.00895. The van der Waals surface area contributed by atoms with Gasteiger partial charge in [-0.1, -0.05) is 49.4 Å². The zero-order chi connectivity index (χ0) is 21.0. The van der Waals surface area contributed by atoms with Crippen LogP contribution in [0, 0.1) is 0 Å². The number of alkyl halides is 2. The minimum Gasteiger partial charge on any atom is -0.433 e. The van der Waals surface area contributed by atoms with Crippen LogP contribution in [0.3, 0.4) is 0 Å². The lowest BCUT2D eigenvalue weighted by atomic mass is 9.87. The van der Waals surface area contributed by atoms with E-state index in [4.69, 9.17) is 0 Å². The van der Waals surface area contributed by atoms with Gasteiger partial charge in [-0.15, -0.1) is 0 Å². The Kier molecular flexibility index (Phi) is 5.76. The van der Waals surface area contributed by atoms with Gasteiger partial charge >= 0.3 is 12.6 Å². The van der Waals surface area contributed by atoms with Crippen LogP contribution in [0.15, 0.2) is 54.6 Å². The van der Waals surface area contributed by atoms with Crippen LogP contribution < -0.4 is 15.4 Å². The van der Waals surface area contributed by atoms with E-state index in [9.17, 15) is 23.2 Å². The third kappa shape index (κ3) is 4.03. The van der Waals surface area contributed by atoms with Gasteiger partial charge in [0.05, 0.1) is 5.69 Å². The fraction of sp³-hybridized carbons (Fsp3) is 0.250. The second kappa shape index (κ2) is 8.26. The number of rotatable bonds is 7. The van der Waals surface area contributed by atoms with Crippen molar-refractivity contribution in [2.24, 2.45) is 0 Å². The monoisotopic (exact) mass is 403 g/mol. The van der Waals surface area contributed by atoms with Crippen molar-refractivity contribution in [3.05, 3.63) is 60.2 Å². The minimum atomic E-state index is -3.06. The highest BCUT2D eigenvalue weighted by molar-refractivity contribution is 6.10. The Labute approximate surface area is 165 Å². The lowest BCUT2D eigenvalue weighted by Gasteiger charge is -2.25. The maximum Gasteiger partial charge on any atom is 0.387 e. The molecule has 29 heavy (non-hydrogen) atoms. The molecule has 0 spiro atoms. The Morgan fingerprint density at radius 2 is 1.79 bits per heavy atom. The number of nitrogens with zero attached hydrogens (tertiary/aromatic N) is 1. The molecule has 152 valence electrons. The average molecular weight is 403 g/mol. The predicted molar refractivity (Wildman–Crippen MR) is 100 cm³/mol. The first-order chi connectivity index (χ1) is 13.9. The van der Waals surface area contributed by atoms with E-state index < -0.39 is 36.5 Å². The van der Waals surface area contributed by atoms with Gasteiger partial charge in [-0.2, -0.15) is 8.78 Å². The molecule has 4 amide bonds. The van der Waals surface area contributed by atoms with Crippen molar-refractivity contribution >= 4 is 23.5 Å². The molecule has 2 aromatic carbocycles. The molecular weight excluding hydrogens is 384 g/mol. The van der Waals surface area contributed by atoms with Gasteiger partial charge in [0, 0.05) is 0 Å². The van der Waals surface area contributed by atoms with E-state index >= 15 is 0 Å². The van der Waals surface area contributed by atoms with Crippen LogP contribution in [0.5, 0.6) is 5.75 Å². The Bertz CT molecular complexity index is 923. The van der Waals surface area contributed by atoms with E-state index in [1.54, 1.807) is 37.3 Å². The molecule has 1 aliphatic rings. The van der Waals surface area contributed by atoms with Crippen molar-refractivity contribution in [1.82, 2.24) is 10.2 Å². The molecule has 1 saturated heterocycles. The summed E-state index contributed by atoms with van der Waals surface area (Å²) in [5, 5.41) is 5.07. The number of imide groups is 1. The Morgan fingerprint density at radius 1 is 1.14 bits per heavy atom. The van der Waals surface area contributed by atoms with Crippen molar-refractivity contribution in [3.8, 4) is 5.75 Å². The van der Waals surface area contributed by atoms with Crippen LogP contribution in [-0.2, 0) is 15.1 Å². The third-order valence-corrected chi connectivity index (χ3v) is 4.65. The number of ether oxygens (including phenoxy) is 1. The number of halogens is 2. The molecular formula is C20H19F2N3O4. The van der Waals surface area contributed by atoms with Crippen molar-refractivity contribution in [1.29, 1.82) is 0 Å². The number of nitrogens with one attached hydrogen (secondary N) is 2. The van der Waals surface area contributed by atoms with Crippen LogP contribution in [0.1, 0.15) is 18.9 Å². The Balaban J connectivity index is 1.76. The molecule has 7 nitrogen and oxygen atoms in total. The summed E-state index contributed by atoms with van der Waals surface area (Å²) in [6.45, 7) is -1.87. The van der Waals surface area contributed by atoms with E-state index in [-0.39, 0.29) is 11.4 Å². The summed E-state index contributed by atoms with van der Waals surface area (Å²) in [6.07, 6.45) is 0.296. The highest BCUT2D eigenvalue weighted by Gasteiger charge is 2.51. The first kappa shape index (κ1) is 20.2. The van der Waals surface area contributed by atoms with Crippen LogP contribution in [-0.4, -0.2) is 35.9 Å². The number of para-hydroxylation sites is 2. The van der Waals surface area contributed by atoms with E-state index in [1.165, 1.54) is 24.3 Å². The van der Waals surface area contributed by atoms with Crippen LogP contribution in [0.25, 0.3) is 0 Å². The van der Waals surface area contributed by atoms with E-state index in [2.05, 4.69) is 15.4 Å². The molecule has 2 N–H and O–H groups in total. The normalized spacial score (nSPS) is 18.7. The average Bonchev–Trinajstić information content (AvgIpc) is 2.95. The summed E-state index contributed by atoms with van der Waals surface area (Å²) >= 11 is 0. The Morgan fingerprint density at radius 3 is 2.45 bits per heavy atom. The summed E-state index contributed by atoms with van der Waals surface area (Å²) in [7, 11) is 0. The largest absolute Gasteiger partial charge is 0.433 e. The highest BCUT2D eigenvalue weighted by Crippen LogP contribution is 2.32. The van der Waals surface area contributed by atoms with Crippen molar-refractivity contribution in [3.63, 3.8) is 0 Å². The van der Waals surface area contributed by atoms with Gasteiger partial charge in [0.15, 0.2) is 0 Å². The number of benzene rings is 2. The summed E-state index contributed by atoms with van der Waals surface area (Å²) in [4.78, 5) is 38.6. The first-order valence-electron chi connectivity index (χ1n) is 8.90. The molecule has 1 atom stereocenters. The van der Waals surface area contributed by atoms with Gasteiger partial charge in [0.25, 0.3) is 5.91 Å². The summed E-state index contributed by atoms with van der Waals surface area (Å²) in [5.41, 5.74) is -0.635. The molecule has 0 aliphatic carbocycles. The fourth-order valence-corrected chi connectivity index (χ4v) is 3.23. The molecule has 0 radical (unpaired) electrons. The molecule has 1 heterocycles. The number of hydrogen-bond donors (Lipinski definition) is 2. The molecule has 0 unspecified atom stereocenters. The molecule has 1 aliphatic heterocycles. The van der Waals surface area contributed by atoms with Crippen LogP contribution >= 0.6 is 0 Å². The van der Waals surface area contributed by atoms with E-state index in [1.807, 2.05) is 0 Å². The second-order valence-electron chi connectivity index (χ2n) is 6.37. The lowest BCUT2D eigenvalue weighted by Crippen LogP contribution is -2.44. The lowest BCUT2D eigenvalue weighted by molar-refractivity contribution is -0.134. The second-order valence-corrected chi connectivity index (χ2v) is 6.37. The van der Waals surface area contributed by atoms with Gasteiger partial charge in [-0.25, -0.2) is 4.79 Å². The van der Waals surface area contributed by atoms with Crippen molar-refractivity contribution < 1.29 is 27.9 Å². The van der Waals surface area contributed by atoms with Crippen molar-refractivity contribution in [2.45, 2.75) is 25.5 Å². The molecule has 9 heteroatoms. The van der Waals surface area contributed by atoms with Crippen molar-refractivity contribution in [2.75, 3.05) is 11.9 Å². The van der Waals surface area contributed by atoms with E-state index in [0.717, 1.165) is 4.90 Å². The summed E-state index contributed by atoms with van der Waals surface area (Å²) < 4.78 is 29.4. The van der Waals surface area contributed by atoms with Crippen LogP contribution in [0.4, 0.5) is 19.3 Å². The maximum absolute atomic E-state index is 13.0. The zero-order valence-electron chi connectivity index (χ0n) is 15.5. The molecule has 1 fully saturated rings. The standard InChI is InChI=1S/C20H19F2N3O4/c1-2-20(13-8-4-3-5-9-13)17(27)25(19(28)24-20)12-16(26)23-14-10-6-7-11-15(14)29-18(21)22/h3-11,18H,2,12H2,1H3,(H,23,26)(H,24,28)/t20-/m0/s1. The quantitative estimate of drug-likeness (QED) is 0.696. The molecule has 2 aromatic rings. The first-order valence-corrected chi connectivity index (χ1v) is 8.90. The topological polar surface area (TPSA) is 87.7 Å². The number of hydrogen-bond acceptors (Lipinski definition) is 4. The van der Waals surface area contributed by atoms with E-state index in [0.29, 0.717) is 12.0 Å². The van der Waals surface area contributed by atoms with Gasteiger partial charge in [0.1, 0.15) is 17.8 Å². The third-order valence-electron chi connectivity index (χ3n) is 4.65. The van der Waals surface area contributed by atoms with Gasteiger partial charge in [-0.05, 0) is 24.1 Å². The molecule has 0 bridgehead atoms. The summed E-state index contributed by atoms with van der Waals surface area (Å²) in [5.74, 6) is -1.50. The number of amides is 4. The summed E-state index contributed by atoms with van der Waals surface area (Å²) in [6, 6.07) is 13.7. The van der Waals surface area contributed by atoms with Crippen LogP contribution in [0.2, 0.25) is 0 Å². The molecule has 0 saturated carbocycles. The smallest absolute Gasteiger partial charge is 0.387 e. The fourth-order valence-electron chi connectivity index (χ4n) is 3.23. The number of carbonyl (C=O) groups is 3. The highest BCUT2D eigenvalue weighted by atomic mass is 19.3. The van der Waals surface area contributed by atoms with Gasteiger partial charge in [-0.3, -0.25) is 14.5 Å². The predicted octanol–water partition coefficient (Wildman–Crippen LogP) is 3.08. The SMILES string of the molecule is CC[C@@]1(c2ccccc2)NC(=O)N(CC(=O)Nc2ccccc2OC(F)F)C1=O. The molecule has 0 aromatic heterocycles. The van der Waals surface area contributed by atoms with Gasteiger partial charge < -0.3 is 15.4 Å². The molecule has 3 rings (SSSR count). The Hall–Kier alpha value is -3.49. The number of carbonyl (C=O) groups excluding carboxylic acids is 3. The zero-order valence-corrected chi connectivity index (χ0v) is 15.5. The number of anilines is 1. The number of urea groups is 1. The van der Waals surface area contributed by atoms with Gasteiger partial charge in [0.2, 0.25) is 5.91 Å².